The van der Waals surface area contributed by atoms with Crippen molar-refractivity contribution in [3.63, 3.8) is 0 Å². The summed E-state index contributed by atoms with van der Waals surface area (Å²) in [5, 5.41) is 12.3. The molecule has 0 unspecified atom stereocenters. The summed E-state index contributed by atoms with van der Waals surface area (Å²) in [7, 11) is 0. The van der Waals surface area contributed by atoms with Gasteiger partial charge >= 0.3 is 0 Å². The van der Waals surface area contributed by atoms with Crippen LogP contribution in [0.2, 0.25) is 0 Å². The Labute approximate surface area is 137 Å². The minimum absolute atomic E-state index is 0.595. The summed E-state index contributed by atoms with van der Waals surface area (Å²) in [6, 6.07) is 11.9. The molecule has 1 N–H and O–H groups in total. The molecular weight excluding hydrogens is 290 g/mol. The van der Waals surface area contributed by atoms with Gasteiger partial charge in [0.1, 0.15) is 6.10 Å². The number of aromatic nitrogens is 1. The number of nitrogens with zero attached hydrogens (tertiary/aromatic N) is 1. The van der Waals surface area contributed by atoms with Crippen LogP contribution in [0.3, 0.4) is 0 Å². The minimum atomic E-state index is -0.595. The maximum Gasteiger partial charge on any atom is 0.106 e. The van der Waals surface area contributed by atoms with Gasteiger partial charge in [-0.2, -0.15) is 0 Å². The molecular formula is C19H23NOS. The lowest BCUT2D eigenvalue weighted by molar-refractivity contribution is 0.219. The van der Waals surface area contributed by atoms with Gasteiger partial charge in [-0.15, -0.1) is 11.8 Å². The zero-order valence-corrected chi connectivity index (χ0v) is 13.9. The topological polar surface area (TPSA) is 33.1 Å². The Bertz CT molecular complexity index is 608. The molecule has 22 heavy (non-hydrogen) atoms. The van der Waals surface area contributed by atoms with Crippen molar-refractivity contribution in [1.82, 2.24) is 4.98 Å². The Morgan fingerprint density at radius 1 is 1.14 bits per heavy atom. The number of thioether (sulfide) groups is 1. The standard InChI is InChI=1S/C19H23NOS/c1-14-12-18(22-16-10-6-3-7-11-16)20-13-17(14)19(21)15-8-4-2-5-9-15/h2,4-5,8-9,12-13,16,19,21H,3,6-7,10-11H2,1H3/t19-/m0/s1. The van der Waals surface area contributed by atoms with Crippen LogP contribution < -0.4 is 0 Å². The number of rotatable bonds is 4. The normalized spacial score (nSPS) is 17.4. The summed E-state index contributed by atoms with van der Waals surface area (Å²) in [4.78, 5) is 4.58. The summed E-state index contributed by atoms with van der Waals surface area (Å²) in [6.45, 7) is 2.06. The lowest BCUT2D eigenvalue weighted by atomic mass is 10.00. The van der Waals surface area contributed by atoms with E-state index in [1.807, 2.05) is 48.3 Å². The highest BCUT2D eigenvalue weighted by Crippen LogP contribution is 2.34. The summed E-state index contributed by atoms with van der Waals surface area (Å²) >= 11 is 1.90. The molecule has 0 radical (unpaired) electrons. The Morgan fingerprint density at radius 2 is 1.86 bits per heavy atom. The SMILES string of the molecule is Cc1cc(SC2CCCCC2)ncc1[C@@H](O)c1ccccc1. The lowest BCUT2D eigenvalue weighted by Crippen LogP contribution is -2.08. The summed E-state index contributed by atoms with van der Waals surface area (Å²) in [5.41, 5.74) is 2.93. The molecule has 0 saturated heterocycles. The average Bonchev–Trinajstić information content (AvgIpc) is 2.56. The van der Waals surface area contributed by atoms with Crippen LogP contribution in [-0.2, 0) is 0 Å². The quantitative estimate of drug-likeness (QED) is 0.872. The molecule has 0 amide bonds. The Kier molecular flexibility index (Phi) is 5.16. The van der Waals surface area contributed by atoms with E-state index in [1.54, 1.807) is 0 Å². The summed E-state index contributed by atoms with van der Waals surface area (Å²) in [6.07, 6.45) is 7.94. The number of benzene rings is 1. The van der Waals surface area contributed by atoms with Crippen molar-refractivity contribution in [3.05, 3.63) is 59.3 Å². The summed E-state index contributed by atoms with van der Waals surface area (Å²) in [5.74, 6) is 0. The van der Waals surface area contributed by atoms with Crippen LogP contribution in [-0.4, -0.2) is 15.3 Å². The molecule has 1 fully saturated rings. The third kappa shape index (κ3) is 3.71. The Morgan fingerprint density at radius 3 is 2.55 bits per heavy atom. The highest BCUT2D eigenvalue weighted by atomic mass is 32.2. The highest BCUT2D eigenvalue weighted by Gasteiger charge is 2.17. The number of hydrogen-bond acceptors (Lipinski definition) is 3. The third-order valence-electron chi connectivity index (χ3n) is 4.38. The smallest absolute Gasteiger partial charge is 0.106 e. The third-order valence-corrected chi connectivity index (χ3v) is 5.65. The predicted octanol–water partition coefficient (Wildman–Crippen LogP) is 4.90. The van der Waals surface area contributed by atoms with E-state index in [0.717, 1.165) is 21.7 Å². The first-order chi connectivity index (χ1) is 10.7. The molecule has 2 nitrogen and oxygen atoms in total. The summed E-state index contributed by atoms with van der Waals surface area (Å²) < 4.78 is 0. The van der Waals surface area contributed by atoms with Gasteiger partial charge in [0, 0.05) is 17.0 Å². The monoisotopic (exact) mass is 313 g/mol. The number of hydrogen-bond donors (Lipinski definition) is 1. The van der Waals surface area contributed by atoms with Crippen molar-refractivity contribution in [1.29, 1.82) is 0 Å². The molecule has 2 aromatic rings. The highest BCUT2D eigenvalue weighted by molar-refractivity contribution is 7.99. The van der Waals surface area contributed by atoms with Gasteiger partial charge in [-0.05, 0) is 37.0 Å². The molecule has 3 heteroatoms. The van der Waals surface area contributed by atoms with Crippen LogP contribution >= 0.6 is 11.8 Å². The molecule has 116 valence electrons. The fourth-order valence-electron chi connectivity index (χ4n) is 3.06. The van der Waals surface area contributed by atoms with Crippen LogP contribution in [0.5, 0.6) is 0 Å². The van der Waals surface area contributed by atoms with E-state index in [4.69, 9.17) is 0 Å². The number of aliphatic hydroxyl groups excluding tert-OH is 1. The van der Waals surface area contributed by atoms with Crippen LogP contribution in [0.1, 0.15) is 54.9 Å². The predicted molar refractivity (Wildman–Crippen MR) is 92.2 cm³/mol. The zero-order chi connectivity index (χ0) is 15.4. The van der Waals surface area contributed by atoms with Gasteiger partial charge in [0.15, 0.2) is 0 Å². The van der Waals surface area contributed by atoms with Crippen molar-refractivity contribution in [2.75, 3.05) is 0 Å². The van der Waals surface area contributed by atoms with E-state index in [9.17, 15) is 5.11 Å². The molecule has 1 atom stereocenters. The van der Waals surface area contributed by atoms with Gasteiger partial charge < -0.3 is 5.11 Å². The largest absolute Gasteiger partial charge is 0.384 e. The molecule has 1 aliphatic carbocycles. The van der Waals surface area contributed by atoms with E-state index in [-0.39, 0.29) is 0 Å². The fourth-order valence-corrected chi connectivity index (χ4v) is 4.33. The number of pyridine rings is 1. The van der Waals surface area contributed by atoms with Crippen molar-refractivity contribution >= 4 is 11.8 Å². The maximum absolute atomic E-state index is 10.5. The Balaban J connectivity index is 1.74. The fraction of sp³-hybridized carbons (Fsp3) is 0.421. The van der Waals surface area contributed by atoms with E-state index in [2.05, 4.69) is 18.0 Å². The second-order valence-electron chi connectivity index (χ2n) is 6.07. The van der Waals surface area contributed by atoms with Gasteiger partial charge in [0.2, 0.25) is 0 Å². The van der Waals surface area contributed by atoms with E-state index in [0.29, 0.717) is 5.25 Å². The van der Waals surface area contributed by atoms with Gasteiger partial charge in [-0.3, -0.25) is 0 Å². The van der Waals surface area contributed by atoms with Gasteiger partial charge in [-0.1, -0.05) is 49.6 Å². The first-order valence-corrected chi connectivity index (χ1v) is 8.98. The van der Waals surface area contributed by atoms with E-state index in [1.165, 1.54) is 32.1 Å². The van der Waals surface area contributed by atoms with Crippen LogP contribution in [0, 0.1) is 6.92 Å². The van der Waals surface area contributed by atoms with Crippen molar-refractivity contribution in [3.8, 4) is 0 Å². The molecule has 1 aromatic carbocycles. The van der Waals surface area contributed by atoms with Crippen molar-refractivity contribution < 1.29 is 5.11 Å². The molecule has 3 rings (SSSR count). The molecule has 1 heterocycles. The minimum Gasteiger partial charge on any atom is -0.384 e. The average molecular weight is 313 g/mol. The van der Waals surface area contributed by atoms with Crippen LogP contribution in [0.4, 0.5) is 0 Å². The lowest BCUT2D eigenvalue weighted by Gasteiger charge is -2.21. The van der Waals surface area contributed by atoms with E-state index < -0.39 is 6.10 Å². The first kappa shape index (κ1) is 15.6. The van der Waals surface area contributed by atoms with Gasteiger partial charge in [0.05, 0.1) is 5.03 Å². The molecule has 0 bridgehead atoms. The maximum atomic E-state index is 10.5. The molecule has 0 spiro atoms. The van der Waals surface area contributed by atoms with Crippen LogP contribution in [0.25, 0.3) is 0 Å². The molecule has 0 aliphatic heterocycles. The van der Waals surface area contributed by atoms with Gasteiger partial charge in [0.25, 0.3) is 0 Å². The second kappa shape index (κ2) is 7.30. The van der Waals surface area contributed by atoms with Crippen LogP contribution in [0.15, 0.2) is 47.6 Å². The number of aliphatic hydroxyl groups is 1. The molecule has 1 saturated carbocycles. The van der Waals surface area contributed by atoms with Crippen molar-refractivity contribution in [2.24, 2.45) is 0 Å². The number of aryl methyl sites for hydroxylation is 1. The Hall–Kier alpha value is -1.32. The molecule has 1 aromatic heterocycles. The second-order valence-corrected chi connectivity index (χ2v) is 7.39. The first-order valence-electron chi connectivity index (χ1n) is 8.10. The zero-order valence-electron chi connectivity index (χ0n) is 13.0. The van der Waals surface area contributed by atoms with Gasteiger partial charge in [-0.25, -0.2) is 4.98 Å². The van der Waals surface area contributed by atoms with Crippen molar-refractivity contribution in [2.45, 2.75) is 55.4 Å². The van der Waals surface area contributed by atoms with E-state index >= 15 is 0 Å². The molecule has 1 aliphatic rings.